The third kappa shape index (κ3) is 4.41. The second-order valence-corrected chi connectivity index (χ2v) is 7.18. The van der Waals surface area contributed by atoms with E-state index in [2.05, 4.69) is 5.32 Å². The maximum absolute atomic E-state index is 13.4. The molecule has 0 bridgehead atoms. The van der Waals surface area contributed by atoms with Crippen molar-refractivity contribution in [1.29, 1.82) is 0 Å². The first-order valence-corrected chi connectivity index (χ1v) is 8.86. The monoisotopic (exact) mass is 349 g/mol. The van der Waals surface area contributed by atoms with Crippen LogP contribution >= 0.6 is 0 Å². The van der Waals surface area contributed by atoms with Gasteiger partial charge in [0.15, 0.2) is 0 Å². The molecule has 1 amide bonds. The van der Waals surface area contributed by atoms with Crippen LogP contribution < -0.4 is 10.1 Å². The molecule has 1 N–H and O–H groups in total. The molecule has 0 aliphatic carbocycles. The van der Waals surface area contributed by atoms with Crippen LogP contribution in [0.2, 0.25) is 0 Å². The topological polar surface area (TPSA) is 55.4 Å². The number of amides is 1. The number of benzene rings is 2. The Morgan fingerprint density at radius 2 is 2.00 bits per heavy atom. The zero-order chi connectivity index (χ0) is 17.7. The Kier molecular flexibility index (Phi) is 6.09. The van der Waals surface area contributed by atoms with E-state index in [-0.39, 0.29) is 11.7 Å². The highest BCUT2D eigenvalue weighted by Gasteiger charge is 2.22. The lowest BCUT2D eigenvalue weighted by atomic mass is 10.2. The minimum Gasteiger partial charge on any atom is -0.496 e. The fourth-order valence-corrected chi connectivity index (χ4v) is 3.28. The normalized spacial score (nSPS) is 13.2. The second-order valence-electron chi connectivity index (χ2n) is 5.43. The van der Waals surface area contributed by atoms with Gasteiger partial charge in [-0.2, -0.15) is 0 Å². The summed E-state index contributed by atoms with van der Waals surface area (Å²) in [7, 11) is -0.0387. The van der Waals surface area contributed by atoms with Crippen LogP contribution in [0.5, 0.6) is 5.75 Å². The molecular formula is C18H20FNO3S. The van der Waals surface area contributed by atoms with E-state index in [0.29, 0.717) is 17.0 Å². The fourth-order valence-electron chi connectivity index (χ4n) is 2.21. The first-order chi connectivity index (χ1) is 11.4. The molecule has 0 aliphatic rings. The maximum atomic E-state index is 13.4. The van der Waals surface area contributed by atoms with Gasteiger partial charge in [-0.15, -0.1) is 0 Å². The summed E-state index contributed by atoms with van der Waals surface area (Å²) >= 11 is 0. The highest BCUT2D eigenvalue weighted by molar-refractivity contribution is 7.85. The van der Waals surface area contributed by atoms with Crippen molar-refractivity contribution < 1.29 is 18.1 Å². The number of rotatable bonds is 6. The second kappa shape index (κ2) is 8.06. The van der Waals surface area contributed by atoms with E-state index >= 15 is 0 Å². The van der Waals surface area contributed by atoms with Crippen molar-refractivity contribution in [2.24, 2.45) is 0 Å². The van der Waals surface area contributed by atoms with Crippen LogP contribution in [0.3, 0.4) is 0 Å². The van der Waals surface area contributed by atoms with Gasteiger partial charge >= 0.3 is 0 Å². The number of ether oxygens (including phenoxy) is 1. The van der Waals surface area contributed by atoms with E-state index < -0.39 is 21.9 Å². The molecule has 0 fully saturated rings. The summed E-state index contributed by atoms with van der Waals surface area (Å²) in [6, 6.07) is 11.4. The number of nitrogens with one attached hydrogen (secondary N) is 1. The number of methoxy groups -OCH3 is 1. The van der Waals surface area contributed by atoms with Crippen LogP contribution in [-0.4, -0.2) is 22.5 Å². The van der Waals surface area contributed by atoms with Gasteiger partial charge in [-0.25, -0.2) is 4.39 Å². The quantitative estimate of drug-likeness (QED) is 0.869. The molecule has 24 heavy (non-hydrogen) atoms. The molecule has 2 atom stereocenters. The predicted molar refractivity (Wildman–Crippen MR) is 94.1 cm³/mol. The van der Waals surface area contributed by atoms with Crippen LogP contribution in [0.4, 0.5) is 10.1 Å². The van der Waals surface area contributed by atoms with Crippen molar-refractivity contribution in [3.05, 3.63) is 59.4 Å². The number of para-hydroxylation sites is 1. The lowest BCUT2D eigenvalue weighted by molar-refractivity contribution is -0.115. The Bertz CT molecular complexity index is 764. The standard InChI is InChI=1S/C18H20FNO3S/c1-12-6-4-5-7-16(12)20-18(21)13(2)24(22)11-14-10-15(19)8-9-17(14)23-3/h4-10,13H,11H2,1-3H3,(H,20,21)/t13-,24-/m0/s1. The maximum Gasteiger partial charge on any atom is 0.239 e. The Labute approximate surface area is 143 Å². The molecule has 0 unspecified atom stereocenters. The van der Waals surface area contributed by atoms with Crippen LogP contribution in [0.15, 0.2) is 42.5 Å². The van der Waals surface area contributed by atoms with E-state index in [9.17, 15) is 13.4 Å². The van der Waals surface area contributed by atoms with Gasteiger partial charge in [0.25, 0.3) is 0 Å². The highest BCUT2D eigenvalue weighted by Crippen LogP contribution is 2.22. The molecule has 0 saturated carbocycles. The van der Waals surface area contributed by atoms with Crippen LogP contribution in [0.1, 0.15) is 18.1 Å². The summed E-state index contributed by atoms with van der Waals surface area (Å²) in [6.45, 7) is 3.48. The summed E-state index contributed by atoms with van der Waals surface area (Å²) in [5, 5.41) is 2.04. The van der Waals surface area contributed by atoms with Crippen molar-refractivity contribution in [1.82, 2.24) is 0 Å². The number of aryl methyl sites for hydroxylation is 1. The number of anilines is 1. The van der Waals surface area contributed by atoms with Gasteiger partial charge in [0.05, 0.1) is 12.9 Å². The molecule has 0 spiro atoms. The molecule has 4 nitrogen and oxygen atoms in total. The van der Waals surface area contributed by atoms with Crippen molar-refractivity contribution in [2.75, 3.05) is 12.4 Å². The molecule has 6 heteroatoms. The van der Waals surface area contributed by atoms with Crippen LogP contribution in [0, 0.1) is 12.7 Å². The first-order valence-electron chi connectivity index (χ1n) is 7.48. The van der Waals surface area contributed by atoms with Gasteiger partial charge in [0, 0.05) is 22.1 Å². The van der Waals surface area contributed by atoms with Crippen LogP contribution in [0.25, 0.3) is 0 Å². The van der Waals surface area contributed by atoms with Crippen LogP contribution in [-0.2, 0) is 21.3 Å². The Balaban J connectivity index is 2.08. The molecule has 2 aromatic rings. The van der Waals surface area contributed by atoms with Gasteiger partial charge in [-0.1, -0.05) is 18.2 Å². The Morgan fingerprint density at radius 3 is 2.67 bits per heavy atom. The van der Waals surface area contributed by atoms with Gasteiger partial charge in [0.2, 0.25) is 5.91 Å². The molecular weight excluding hydrogens is 329 g/mol. The summed E-state index contributed by atoms with van der Waals surface area (Å²) in [6.07, 6.45) is 0. The van der Waals surface area contributed by atoms with E-state index in [4.69, 9.17) is 4.74 Å². The van der Waals surface area contributed by atoms with Gasteiger partial charge in [0.1, 0.15) is 16.8 Å². The average molecular weight is 349 g/mol. The molecule has 0 aromatic heterocycles. The first kappa shape index (κ1) is 18.1. The number of carbonyl (C=O) groups excluding carboxylic acids is 1. The molecule has 2 rings (SSSR count). The van der Waals surface area contributed by atoms with Crippen molar-refractivity contribution in [2.45, 2.75) is 24.9 Å². The Hall–Kier alpha value is -2.21. The molecule has 0 radical (unpaired) electrons. The van der Waals surface area contributed by atoms with Crippen molar-refractivity contribution in [3.8, 4) is 5.75 Å². The number of carbonyl (C=O) groups is 1. The fraction of sp³-hybridized carbons (Fsp3) is 0.278. The molecule has 128 valence electrons. The molecule has 0 heterocycles. The van der Waals surface area contributed by atoms with E-state index in [0.717, 1.165) is 5.56 Å². The third-order valence-electron chi connectivity index (χ3n) is 3.71. The summed E-state index contributed by atoms with van der Waals surface area (Å²) in [5.74, 6) is -0.266. The number of hydrogen-bond donors (Lipinski definition) is 1. The number of hydrogen-bond acceptors (Lipinski definition) is 3. The minimum atomic E-state index is -1.50. The number of halogens is 1. The van der Waals surface area contributed by atoms with E-state index in [1.165, 1.54) is 25.3 Å². The minimum absolute atomic E-state index is 0.0449. The largest absolute Gasteiger partial charge is 0.496 e. The predicted octanol–water partition coefficient (Wildman–Crippen LogP) is 3.42. The smallest absolute Gasteiger partial charge is 0.239 e. The zero-order valence-electron chi connectivity index (χ0n) is 13.8. The third-order valence-corrected chi connectivity index (χ3v) is 5.30. The van der Waals surface area contributed by atoms with Crippen molar-refractivity contribution in [3.63, 3.8) is 0 Å². The average Bonchev–Trinajstić information content (AvgIpc) is 2.56. The summed E-state index contributed by atoms with van der Waals surface area (Å²) in [4.78, 5) is 12.3. The molecule has 2 aromatic carbocycles. The Morgan fingerprint density at radius 1 is 1.29 bits per heavy atom. The van der Waals surface area contributed by atoms with Gasteiger partial charge < -0.3 is 10.1 Å². The van der Waals surface area contributed by atoms with E-state index in [1.54, 1.807) is 13.0 Å². The highest BCUT2D eigenvalue weighted by atomic mass is 32.2. The SMILES string of the molecule is COc1ccc(F)cc1C[S@](=O)[C@@H](C)C(=O)Nc1ccccc1C. The van der Waals surface area contributed by atoms with Crippen molar-refractivity contribution >= 4 is 22.4 Å². The van der Waals surface area contributed by atoms with E-state index in [1.807, 2.05) is 25.1 Å². The zero-order valence-corrected chi connectivity index (χ0v) is 14.7. The van der Waals surface area contributed by atoms with Gasteiger partial charge in [-0.05, 0) is 43.7 Å². The lowest BCUT2D eigenvalue weighted by Crippen LogP contribution is -2.30. The van der Waals surface area contributed by atoms with Gasteiger partial charge in [-0.3, -0.25) is 9.00 Å². The molecule has 0 aliphatic heterocycles. The lowest BCUT2D eigenvalue weighted by Gasteiger charge is -2.15. The summed E-state index contributed by atoms with van der Waals surface area (Å²) < 4.78 is 31.0. The summed E-state index contributed by atoms with van der Waals surface area (Å²) in [5.41, 5.74) is 2.09. The molecule has 0 saturated heterocycles.